The molecule has 4 rings (SSSR count). The van der Waals surface area contributed by atoms with Crippen molar-refractivity contribution < 1.29 is 18.7 Å². The number of carbonyl (C=O) groups is 1. The first-order valence-corrected chi connectivity index (χ1v) is 9.83. The molecule has 0 saturated carbocycles. The summed E-state index contributed by atoms with van der Waals surface area (Å²) in [5.74, 6) is 1.43. The topological polar surface area (TPSA) is 64.3 Å². The second-order valence-electron chi connectivity index (χ2n) is 6.53. The van der Waals surface area contributed by atoms with Gasteiger partial charge in [0, 0.05) is 12.0 Å². The maximum atomic E-state index is 13.1. The van der Waals surface area contributed by atoms with Gasteiger partial charge in [-0.15, -0.1) is 0 Å². The van der Waals surface area contributed by atoms with Crippen LogP contribution in [0.2, 0.25) is 0 Å². The van der Waals surface area contributed by atoms with Gasteiger partial charge in [-0.2, -0.15) is 5.10 Å². The number of furan rings is 1. The molecule has 0 spiro atoms. The van der Waals surface area contributed by atoms with Crippen LogP contribution in [0.3, 0.4) is 0 Å². The van der Waals surface area contributed by atoms with Crippen molar-refractivity contribution >= 4 is 27.5 Å². The van der Waals surface area contributed by atoms with Crippen LogP contribution < -0.4 is 9.47 Å². The number of hydrazone groups is 1. The molecule has 2 aromatic carbocycles. The van der Waals surface area contributed by atoms with Gasteiger partial charge in [0.25, 0.3) is 0 Å². The molecule has 0 N–H and O–H groups in total. The smallest absolute Gasteiger partial charge is 0.310 e. The SMILES string of the molecule is COc1ccc(C2CC(c3cccc(OC)c3)=NN2C(=O)c2ccc(Br)o2)cc1. The van der Waals surface area contributed by atoms with Crippen molar-refractivity contribution in [1.29, 1.82) is 0 Å². The Balaban J connectivity index is 1.71. The third kappa shape index (κ3) is 3.91. The van der Waals surface area contributed by atoms with E-state index < -0.39 is 0 Å². The Kier molecular flexibility index (Phi) is 5.40. The van der Waals surface area contributed by atoms with E-state index in [0.717, 1.165) is 28.3 Å². The zero-order valence-electron chi connectivity index (χ0n) is 16.0. The number of halogens is 1. The molecule has 1 aromatic heterocycles. The fraction of sp³-hybridized carbons (Fsp3) is 0.182. The summed E-state index contributed by atoms with van der Waals surface area (Å²) in [5, 5.41) is 6.15. The van der Waals surface area contributed by atoms with Crippen molar-refractivity contribution in [2.24, 2.45) is 5.10 Å². The third-order valence-corrected chi connectivity index (χ3v) is 5.23. The van der Waals surface area contributed by atoms with Crippen molar-refractivity contribution in [3.8, 4) is 11.5 Å². The monoisotopic (exact) mass is 454 g/mol. The van der Waals surface area contributed by atoms with Crippen molar-refractivity contribution in [2.75, 3.05) is 14.2 Å². The van der Waals surface area contributed by atoms with Gasteiger partial charge in [-0.25, -0.2) is 5.01 Å². The Labute approximate surface area is 176 Å². The van der Waals surface area contributed by atoms with Crippen molar-refractivity contribution in [1.82, 2.24) is 5.01 Å². The Morgan fingerprint density at radius 1 is 1.07 bits per heavy atom. The lowest BCUT2D eigenvalue weighted by atomic mass is 9.98. The minimum absolute atomic E-state index is 0.228. The van der Waals surface area contributed by atoms with E-state index in [9.17, 15) is 4.79 Å². The molecule has 0 saturated heterocycles. The molecule has 1 atom stereocenters. The van der Waals surface area contributed by atoms with Crippen LogP contribution in [0.4, 0.5) is 0 Å². The lowest BCUT2D eigenvalue weighted by molar-refractivity contribution is 0.0677. The van der Waals surface area contributed by atoms with Gasteiger partial charge in [0.15, 0.2) is 10.4 Å². The molecular formula is C22H19BrN2O4. The highest BCUT2D eigenvalue weighted by Gasteiger charge is 2.35. The molecule has 0 radical (unpaired) electrons. The first-order valence-electron chi connectivity index (χ1n) is 9.04. The van der Waals surface area contributed by atoms with Gasteiger partial charge in [0.2, 0.25) is 0 Å². The number of ether oxygens (including phenoxy) is 2. The Morgan fingerprint density at radius 3 is 2.48 bits per heavy atom. The quantitative estimate of drug-likeness (QED) is 0.540. The van der Waals surface area contributed by atoms with Gasteiger partial charge < -0.3 is 13.9 Å². The van der Waals surface area contributed by atoms with E-state index in [1.807, 2.05) is 48.5 Å². The fourth-order valence-corrected chi connectivity index (χ4v) is 3.61. The van der Waals surface area contributed by atoms with Crippen LogP contribution in [0.25, 0.3) is 0 Å². The largest absolute Gasteiger partial charge is 0.497 e. The highest BCUT2D eigenvalue weighted by atomic mass is 79.9. The molecule has 0 fully saturated rings. The molecule has 6 nitrogen and oxygen atoms in total. The maximum absolute atomic E-state index is 13.1. The predicted molar refractivity (Wildman–Crippen MR) is 112 cm³/mol. The average molecular weight is 455 g/mol. The second-order valence-corrected chi connectivity index (χ2v) is 7.31. The van der Waals surface area contributed by atoms with Gasteiger partial charge in [0.05, 0.1) is 26.0 Å². The number of rotatable bonds is 5. The van der Waals surface area contributed by atoms with Crippen LogP contribution in [0, 0.1) is 0 Å². The summed E-state index contributed by atoms with van der Waals surface area (Å²) in [7, 11) is 3.25. The molecule has 1 aliphatic heterocycles. The van der Waals surface area contributed by atoms with Crippen LogP contribution in [-0.2, 0) is 0 Å². The van der Waals surface area contributed by atoms with Gasteiger partial charge >= 0.3 is 5.91 Å². The lowest BCUT2D eigenvalue weighted by Crippen LogP contribution is -2.26. The fourth-order valence-electron chi connectivity index (χ4n) is 3.30. The number of nitrogens with zero attached hydrogens (tertiary/aromatic N) is 2. The lowest BCUT2D eigenvalue weighted by Gasteiger charge is -2.21. The van der Waals surface area contributed by atoms with Gasteiger partial charge in [-0.3, -0.25) is 4.79 Å². The Morgan fingerprint density at radius 2 is 1.83 bits per heavy atom. The summed E-state index contributed by atoms with van der Waals surface area (Å²) in [6.07, 6.45) is 0.577. The normalized spacial score (nSPS) is 15.9. The first-order chi connectivity index (χ1) is 14.1. The van der Waals surface area contributed by atoms with E-state index in [-0.39, 0.29) is 17.7 Å². The minimum atomic E-state index is -0.297. The van der Waals surface area contributed by atoms with E-state index in [4.69, 9.17) is 13.9 Å². The number of amides is 1. The van der Waals surface area contributed by atoms with Gasteiger partial charge in [-0.1, -0.05) is 24.3 Å². The zero-order valence-corrected chi connectivity index (χ0v) is 17.5. The number of hydrogen-bond donors (Lipinski definition) is 0. The van der Waals surface area contributed by atoms with E-state index in [0.29, 0.717) is 11.1 Å². The molecule has 148 valence electrons. The number of hydrogen-bond acceptors (Lipinski definition) is 5. The van der Waals surface area contributed by atoms with Crippen LogP contribution in [0.15, 0.2) is 74.9 Å². The molecule has 1 aliphatic rings. The number of benzene rings is 2. The summed E-state index contributed by atoms with van der Waals surface area (Å²) in [6, 6.07) is 18.4. The van der Waals surface area contributed by atoms with Crippen molar-refractivity contribution in [3.05, 3.63) is 82.2 Å². The minimum Gasteiger partial charge on any atom is -0.497 e. The number of carbonyl (C=O) groups excluding carboxylic acids is 1. The van der Waals surface area contributed by atoms with E-state index in [2.05, 4.69) is 21.0 Å². The zero-order chi connectivity index (χ0) is 20.4. The Hall–Kier alpha value is -3.06. The molecule has 0 aliphatic carbocycles. The summed E-state index contributed by atoms with van der Waals surface area (Å²) in [4.78, 5) is 13.1. The second kappa shape index (κ2) is 8.13. The van der Waals surface area contributed by atoms with E-state index in [1.54, 1.807) is 26.4 Å². The molecule has 7 heteroatoms. The van der Waals surface area contributed by atoms with E-state index in [1.165, 1.54) is 5.01 Å². The van der Waals surface area contributed by atoms with Crippen LogP contribution in [0.5, 0.6) is 11.5 Å². The van der Waals surface area contributed by atoms with Crippen molar-refractivity contribution in [2.45, 2.75) is 12.5 Å². The summed E-state index contributed by atoms with van der Waals surface area (Å²) in [6.45, 7) is 0. The summed E-state index contributed by atoms with van der Waals surface area (Å²) in [5.41, 5.74) is 2.69. The van der Waals surface area contributed by atoms with Gasteiger partial charge in [-0.05, 0) is 57.9 Å². The summed E-state index contributed by atoms with van der Waals surface area (Å²) >= 11 is 3.25. The molecule has 1 unspecified atom stereocenters. The molecule has 0 bridgehead atoms. The number of methoxy groups -OCH3 is 2. The molecule has 3 aromatic rings. The maximum Gasteiger partial charge on any atom is 0.310 e. The standard InChI is InChI=1S/C22H19BrN2O4/c1-27-16-8-6-14(7-9-16)19-13-18(15-4-3-5-17(12-15)28-2)24-25(19)22(26)20-10-11-21(23)29-20/h3-12,19H,13H2,1-2H3. The van der Waals surface area contributed by atoms with Crippen LogP contribution in [0.1, 0.15) is 34.1 Å². The molecule has 2 heterocycles. The average Bonchev–Trinajstić information content (AvgIpc) is 3.40. The predicted octanol–water partition coefficient (Wildman–Crippen LogP) is 5.05. The van der Waals surface area contributed by atoms with E-state index >= 15 is 0 Å². The first kappa shape index (κ1) is 19.3. The van der Waals surface area contributed by atoms with Gasteiger partial charge in [0.1, 0.15) is 11.5 Å². The summed E-state index contributed by atoms with van der Waals surface area (Å²) < 4.78 is 16.5. The molecule has 1 amide bonds. The third-order valence-electron chi connectivity index (χ3n) is 4.81. The Bertz CT molecular complexity index is 1060. The van der Waals surface area contributed by atoms with Crippen LogP contribution >= 0.6 is 15.9 Å². The highest BCUT2D eigenvalue weighted by Crippen LogP contribution is 2.35. The highest BCUT2D eigenvalue weighted by molar-refractivity contribution is 9.10. The van der Waals surface area contributed by atoms with Crippen molar-refractivity contribution in [3.63, 3.8) is 0 Å². The molecular weight excluding hydrogens is 436 g/mol. The van der Waals surface area contributed by atoms with Crippen LogP contribution in [-0.4, -0.2) is 30.8 Å². The molecule has 29 heavy (non-hydrogen) atoms.